The van der Waals surface area contributed by atoms with Crippen LogP contribution in [-0.4, -0.2) is 12.9 Å². The molecular formula is C14H16O3. The smallest absolute Gasteiger partial charge is 0.158 e. The highest BCUT2D eigenvalue weighted by molar-refractivity contribution is 5.80. The first-order chi connectivity index (χ1) is 8.43. The van der Waals surface area contributed by atoms with Crippen LogP contribution < -0.4 is 0 Å². The minimum Gasteiger partial charge on any atom is -0.464 e. The van der Waals surface area contributed by atoms with Crippen molar-refractivity contribution in [1.82, 2.24) is 0 Å². The fourth-order valence-corrected chi connectivity index (χ4v) is 2.17. The molecule has 1 aliphatic rings. The summed E-state index contributed by atoms with van der Waals surface area (Å²) in [5.41, 5.74) is 2.01. The van der Waals surface area contributed by atoms with Crippen molar-refractivity contribution >= 4 is 11.0 Å². The maximum atomic E-state index is 5.75. The Kier molecular flexibility index (Phi) is 3.12. The van der Waals surface area contributed by atoms with E-state index in [4.69, 9.17) is 13.9 Å². The average molecular weight is 232 g/mol. The number of hydrogen-bond donors (Lipinski definition) is 0. The SMILES string of the molecule is c1ccc2c(COC3CCCCO3)coc2c1. The molecule has 2 heterocycles. The van der Waals surface area contributed by atoms with Crippen molar-refractivity contribution in [3.05, 3.63) is 36.1 Å². The highest BCUT2D eigenvalue weighted by Crippen LogP contribution is 2.23. The van der Waals surface area contributed by atoms with Gasteiger partial charge in [0.1, 0.15) is 5.58 Å². The predicted molar refractivity (Wildman–Crippen MR) is 64.6 cm³/mol. The molecule has 0 bridgehead atoms. The second-order valence-electron chi connectivity index (χ2n) is 4.36. The summed E-state index contributed by atoms with van der Waals surface area (Å²) >= 11 is 0. The molecule has 0 N–H and O–H groups in total. The molecule has 1 fully saturated rings. The molecule has 0 amide bonds. The largest absolute Gasteiger partial charge is 0.464 e. The molecule has 0 spiro atoms. The first kappa shape index (κ1) is 10.8. The Hall–Kier alpha value is -1.32. The first-order valence-corrected chi connectivity index (χ1v) is 6.12. The number of fused-ring (bicyclic) bond motifs is 1. The molecule has 1 aliphatic heterocycles. The number of benzene rings is 1. The third kappa shape index (κ3) is 2.35. The number of para-hydroxylation sites is 1. The van der Waals surface area contributed by atoms with Gasteiger partial charge in [-0.25, -0.2) is 0 Å². The molecule has 17 heavy (non-hydrogen) atoms. The summed E-state index contributed by atoms with van der Waals surface area (Å²) in [4.78, 5) is 0. The molecule has 1 unspecified atom stereocenters. The third-order valence-electron chi connectivity index (χ3n) is 3.12. The fraction of sp³-hybridized carbons (Fsp3) is 0.429. The van der Waals surface area contributed by atoms with E-state index < -0.39 is 0 Å². The Morgan fingerprint density at radius 1 is 1.24 bits per heavy atom. The van der Waals surface area contributed by atoms with E-state index in [1.165, 1.54) is 6.42 Å². The first-order valence-electron chi connectivity index (χ1n) is 6.12. The van der Waals surface area contributed by atoms with Crippen molar-refractivity contribution in [3.63, 3.8) is 0 Å². The Morgan fingerprint density at radius 3 is 3.06 bits per heavy atom. The zero-order valence-corrected chi connectivity index (χ0v) is 9.72. The zero-order chi connectivity index (χ0) is 11.5. The number of hydrogen-bond acceptors (Lipinski definition) is 3. The van der Waals surface area contributed by atoms with Crippen molar-refractivity contribution in [2.75, 3.05) is 6.61 Å². The Morgan fingerprint density at radius 2 is 2.18 bits per heavy atom. The number of ether oxygens (including phenoxy) is 2. The van der Waals surface area contributed by atoms with Gasteiger partial charge in [-0.15, -0.1) is 0 Å². The van der Waals surface area contributed by atoms with Gasteiger partial charge in [0.25, 0.3) is 0 Å². The predicted octanol–water partition coefficient (Wildman–Crippen LogP) is 3.48. The van der Waals surface area contributed by atoms with Crippen LogP contribution in [0.15, 0.2) is 34.9 Å². The van der Waals surface area contributed by atoms with E-state index in [0.717, 1.165) is 36.0 Å². The van der Waals surface area contributed by atoms with Crippen LogP contribution in [0.3, 0.4) is 0 Å². The van der Waals surface area contributed by atoms with Gasteiger partial charge in [0.2, 0.25) is 0 Å². The van der Waals surface area contributed by atoms with E-state index in [1.807, 2.05) is 18.2 Å². The highest BCUT2D eigenvalue weighted by atomic mass is 16.7. The molecule has 3 nitrogen and oxygen atoms in total. The molecular weight excluding hydrogens is 216 g/mol. The van der Waals surface area contributed by atoms with Gasteiger partial charge in [0, 0.05) is 17.6 Å². The van der Waals surface area contributed by atoms with Crippen molar-refractivity contribution in [2.45, 2.75) is 32.2 Å². The van der Waals surface area contributed by atoms with Crippen molar-refractivity contribution in [2.24, 2.45) is 0 Å². The van der Waals surface area contributed by atoms with Crippen LogP contribution in [0.25, 0.3) is 11.0 Å². The summed E-state index contributed by atoms with van der Waals surface area (Å²) in [7, 11) is 0. The molecule has 2 aromatic rings. The summed E-state index contributed by atoms with van der Waals surface area (Å²) < 4.78 is 16.8. The van der Waals surface area contributed by atoms with E-state index in [9.17, 15) is 0 Å². The monoisotopic (exact) mass is 232 g/mol. The van der Waals surface area contributed by atoms with Crippen molar-refractivity contribution in [1.29, 1.82) is 0 Å². The molecule has 3 heteroatoms. The van der Waals surface area contributed by atoms with E-state index in [0.29, 0.717) is 6.61 Å². The summed E-state index contributed by atoms with van der Waals surface area (Å²) in [6.45, 7) is 1.37. The van der Waals surface area contributed by atoms with Crippen LogP contribution in [0.5, 0.6) is 0 Å². The summed E-state index contributed by atoms with van der Waals surface area (Å²) in [6.07, 6.45) is 5.06. The Bertz CT molecular complexity index is 483. The van der Waals surface area contributed by atoms with Crippen LogP contribution in [0, 0.1) is 0 Å². The van der Waals surface area contributed by atoms with Gasteiger partial charge >= 0.3 is 0 Å². The fourth-order valence-electron chi connectivity index (χ4n) is 2.17. The van der Waals surface area contributed by atoms with Crippen LogP contribution in [-0.2, 0) is 16.1 Å². The van der Waals surface area contributed by atoms with Gasteiger partial charge in [0.15, 0.2) is 6.29 Å². The van der Waals surface area contributed by atoms with Crippen molar-refractivity contribution < 1.29 is 13.9 Å². The summed E-state index contributed by atoms with van der Waals surface area (Å²) in [5, 5.41) is 1.13. The quantitative estimate of drug-likeness (QED) is 0.812. The maximum Gasteiger partial charge on any atom is 0.158 e. The number of rotatable bonds is 3. The van der Waals surface area contributed by atoms with E-state index in [2.05, 4.69) is 6.07 Å². The Balaban J connectivity index is 1.68. The molecule has 0 saturated carbocycles. The topological polar surface area (TPSA) is 31.6 Å². The van der Waals surface area contributed by atoms with Crippen LogP contribution >= 0.6 is 0 Å². The molecule has 0 aliphatic carbocycles. The number of furan rings is 1. The van der Waals surface area contributed by atoms with Crippen LogP contribution in [0.2, 0.25) is 0 Å². The third-order valence-corrected chi connectivity index (χ3v) is 3.12. The van der Waals surface area contributed by atoms with Gasteiger partial charge in [-0.1, -0.05) is 18.2 Å². The molecule has 1 aromatic carbocycles. The second-order valence-corrected chi connectivity index (χ2v) is 4.36. The molecule has 1 saturated heterocycles. The highest BCUT2D eigenvalue weighted by Gasteiger charge is 2.15. The van der Waals surface area contributed by atoms with Gasteiger partial charge in [-0.3, -0.25) is 0 Å². The molecule has 3 rings (SSSR count). The van der Waals surface area contributed by atoms with Gasteiger partial charge in [-0.2, -0.15) is 0 Å². The van der Waals surface area contributed by atoms with Gasteiger partial charge < -0.3 is 13.9 Å². The van der Waals surface area contributed by atoms with Crippen LogP contribution in [0.4, 0.5) is 0 Å². The standard InChI is InChI=1S/C14H16O3/c1-2-6-13-12(5-1)11(9-16-13)10-17-14-7-3-4-8-15-14/h1-2,5-6,9,14H,3-4,7-8,10H2. The molecule has 90 valence electrons. The molecule has 0 radical (unpaired) electrons. The average Bonchev–Trinajstić information content (AvgIpc) is 2.81. The lowest BCUT2D eigenvalue weighted by Gasteiger charge is -2.22. The summed E-state index contributed by atoms with van der Waals surface area (Å²) in [6, 6.07) is 8.01. The second kappa shape index (κ2) is 4.90. The maximum absolute atomic E-state index is 5.75. The molecule has 1 aromatic heterocycles. The molecule has 1 atom stereocenters. The lowest BCUT2D eigenvalue weighted by atomic mass is 10.2. The Labute approximate surface area is 100 Å². The van der Waals surface area contributed by atoms with E-state index >= 15 is 0 Å². The van der Waals surface area contributed by atoms with Crippen molar-refractivity contribution in [3.8, 4) is 0 Å². The lowest BCUT2D eigenvalue weighted by molar-refractivity contribution is -0.168. The van der Waals surface area contributed by atoms with E-state index in [-0.39, 0.29) is 6.29 Å². The summed E-state index contributed by atoms with van der Waals surface area (Å²) in [5.74, 6) is 0. The lowest BCUT2D eigenvalue weighted by Crippen LogP contribution is -2.21. The normalized spacial score (nSPS) is 20.8. The van der Waals surface area contributed by atoms with Gasteiger partial charge in [-0.05, 0) is 25.3 Å². The van der Waals surface area contributed by atoms with Gasteiger partial charge in [0.05, 0.1) is 12.9 Å². The zero-order valence-electron chi connectivity index (χ0n) is 9.72. The minimum atomic E-state index is -0.0441. The van der Waals surface area contributed by atoms with Crippen LogP contribution in [0.1, 0.15) is 24.8 Å². The minimum absolute atomic E-state index is 0.0441. The van der Waals surface area contributed by atoms with E-state index in [1.54, 1.807) is 6.26 Å².